The maximum Gasteiger partial charge on any atom is 0.252 e. The van der Waals surface area contributed by atoms with Crippen molar-refractivity contribution in [1.82, 2.24) is 14.9 Å². The highest BCUT2D eigenvalue weighted by Gasteiger charge is 2.47. The maximum absolute atomic E-state index is 14.0. The molecule has 1 aromatic carbocycles. The van der Waals surface area contributed by atoms with Crippen molar-refractivity contribution in [3.05, 3.63) is 53.1 Å². The van der Waals surface area contributed by atoms with Gasteiger partial charge in [0.1, 0.15) is 5.75 Å². The van der Waals surface area contributed by atoms with Crippen molar-refractivity contribution in [2.75, 3.05) is 26.9 Å². The molecule has 8 heteroatoms. The average Bonchev–Trinajstić information content (AvgIpc) is 3.28. The van der Waals surface area contributed by atoms with Crippen LogP contribution in [-0.2, 0) is 14.9 Å². The van der Waals surface area contributed by atoms with E-state index >= 15 is 0 Å². The van der Waals surface area contributed by atoms with E-state index in [4.69, 9.17) is 15.2 Å². The van der Waals surface area contributed by atoms with Gasteiger partial charge in [0.05, 0.1) is 29.8 Å². The molecule has 1 atom stereocenters. The number of aryl methyl sites for hydroxylation is 1. The van der Waals surface area contributed by atoms with Crippen LogP contribution >= 0.6 is 0 Å². The smallest absolute Gasteiger partial charge is 0.252 e. The second-order valence-electron chi connectivity index (χ2n) is 8.17. The van der Waals surface area contributed by atoms with Gasteiger partial charge in [-0.25, -0.2) is 9.97 Å². The van der Waals surface area contributed by atoms with Gasteiger partial charge < -0.3 is 20.1 Å². The van der Waals surface area contributed by atoms with Crippen LogP contribution in [-0.4, -0.2) is 53.6 Å². The molecule has 2 saturated heterocycles. The number of nitrogens with two attached hydrogens (primary N) is 1. The summed E-state index contributed by atoms with van der Waals surface area (Å²) in [6.07, 6.45) is 4.39. The molecule has 0 bridgehead atoms. The zero-order chi connectivity index (χ0) is 22.0. The quantitative estimate of drug-likeness (QED) is 0.789. The topological polar surface area (TPSA) is 108 Å². The molecule has 3 heterocycles. The fourth-order valence-electron chi connectivity index (χ4n) is 4.70. The van der Waals surface area contributed by atoms with Crippen LogP contribution in [0.4, 0.5) is 0 Å². The molecule has 0 saturated carbocycles. The van der Waals surface area contributed by atoms with Crippen molar-refractivity contribution in [3.63, 3.8) is 0 Å². The fourth-order valence-corrected chi connectivity index (χ4v) is 4.70. The van der Waals surface area contributed by atoms with Gasteiger partial charge in [0.15, 0.2) is 5.82 Å². The Balaban J connectivity index is 1.67. The largest absolute Gasteiger partial charge is 0.497 e. The van der Waals surface area contributed by atoms with Crippen LogP contribution in [0.15, 0.2) is 30.5 Å². The van der Waals surface area contributed by atoms with E-state index in [1.54, 1.807) is 14.0 Å². The number of amides is 2. The number of likely N-dealkylation sites (tertiary alicyclic amines) is 1. The second-order valence-corrected chi connectivity index (χ2v) is 8.17. The number of nitrogens with zero attached hydrogens (tertiary/aromatic N) is 3. The van der Waals surface area contributed by atoms with E-state index in [9.17, 15) is 9.59 Å². The summed E-state index contributed by atoms with van der Waals surface area (Å²) in [5.41, 5.74) is 6.57. The van der Waals surface area contributed by atoms with E-state index in [0.29, 0.717) is 49.7 Å². The second kappa shape index (κ2) is 8.63. The molecule has 2 amide bonds. The van der Waals surface area contributed by atoms with E-state index in [1.165, 1.54) is 6.20 Å². The maximum atomic E-state index is 14.0. The molecular formula is C23H28N4O4. The number of hydrogen-bond acceptors (Lipinski definition) is 6. The minimum Gasteiger partial charge on any atom is -0.497 e. The van der Waals surface area contributed by atoms with Crippen molar-refractivity contribution < 1.29 is 19.1 Å². The van der Waals surface area contributed by atoms with Crippen LogP contribution in [0.5, 0.6) is 5.75 Å². The van der Waals surface area contributed by atoms with Crippen molar-refractivity contribution in [2.24, 2.45) is 5.73 Å². The van der Waals surface area contributed by atoms with E-state index in [2.05, 4.69) is 9.97 Å². The summed E-state index contributed by atoms with van der Waals surface area (Å²) >= 11 is 0. The lowest BCUT2D eigenvalue weighted by molar-refractivity contribution is -0.142. The molecular weight excluding hydrogens is 396 g/mol. The molecule has 2 aromatic rings. The van der Waals surface area contributed by atoms with Gasteiger partial charge in [-0.1, -0.05) is 12.1 Å². The Bertz CT molecular complexity index is 970. The van der Waals surface area contributed by atoms with Crippen molar-refractivity contribution >= 4 is 11.8 Å². The summed E-state index contributed by atoms with van der Waals surface area (Å²) in [5, 5.41) is 0. The third-order valence-electron chi connectivity index (χ3n) is 6.47. The average molecular weight is 425 g/mol. The van der Waals surface area contributed by atoms with Crippen LogP contribution in [0.3, 0.4) is 0 Å². The Labute approximate surface area is 181 Å². The van der Waals surface area contributed by atoms with Crippen LogP contribution in [0.25, 0.3) is 0 Å². The lowest BCUT2D eigenvalue weighted by atomic mass is 9.72. The molecule has 1 aromatic heterocycles. The first-order valence-electron chi connectivity index (χ1n) is 10.6. The number of benzene rings is 1. The highest BCUT2D eigenvalue weighted by atomic mass is 16.5. The fraction of sp³-hybridized carbons (Fsp3) is 0.478. The molecule has 31 heavy (non-hydrogen) atoms. The number of hydrogen-bond donors (Lipinski definition) is 1. The number of rotatable bonds is 5. The number of aromatic nitrogens is 2. The molecule has 2 fully saturated rings. The molecule has 1 unspecified atom stereocenters. The van der Waals surface area contributed by atoms with E-state index in [1.807, 2.05) is 29.2 Å². The van der Waals surface area contributed by atoms with Gasteiger partial charge in [-0.05, 0) is 50.3 Å². The first-order valence-corrected chi connectivity index (χ1v) is 10.6. The third-order valence-corrected chi connectivity index (χ3v) is 6.47. The van der Waals surface area contributed by atoms with Crippen molar-refractivity contribution in [3.8, 4) is 5.75 Å². The zero-order valence-electron chi connectivity index (χ0n) is 18.0. The standard InChI is InChI=1S/C23H28N4O4/c1-15-18(20(24)28)14-25-21(26-15)19-4-3-11-27(19)22(29)23(9-12-31-13-10-23)16-5-7-17(30-2)8-6-16/h5-8,14,19H,3-4,9-13H2,1-2H3,(H2,24,28). The number of ether oxygens (including phenoxy) is 2. The molecule has 2 N–H and O–H groups in total. The zero-order valence-corrected chi connectivity index (χ0v) is 18.0. The van der Waals surface area contributed by atoms with E-state index in [0.717, 1.165) is 24.2 Å². The molecule has 0 radical (unpaired) electrons. The van der Waals surface area contributed by atoms with E-state index < -0.39 is 11.3 Å². The summed E-state index contributed by atoms with van der Waals surface area (Å²) in [4.78, 5) is 36.4. The first-order chi connectivity index (χ1) is 15.0. The molecule has 0 spiro atoms. The summed E-state index contributed by atoms with van der Waals surface area (Å²) in [6, 6.07) is 7.54. The van der Waals surface area contributed by atoms with Crippen LogP contribution in [0.1, 0.15) is 59.2 Å². The first kappa shape index (κ1) is 21.2. The molecule has 2 aliphatic heterocycles. The van der Waals surface area contributed by atoms with Crippen LogP contribution < -0.4 is 10.5 Å². The van der Waals surface area contributed by atoms with Crippen LogP contribution in [0.2, 0.25) is 0 Å². The molecule has 2 aliphatic rings. The third kappa shape index (κ3) is 3.87. The molecule has 0 aliphatic carbocycles. The normalized spacial score (nSPS) is 20.5. The number of carbonyl (C=O) groups is 2. The van der Waals surface area contributed by atoms with Crippen molar-refractivity contribution in [2.45, 2.75) is 44.1 Å². The Morgan fingerprint density at radius 3 is 2.55 bits per heavy atom. The summed E-state index contributed by atoms with van der Waals surface area (Å²) < 4.78 is 10.9. The Morgan fingerprint density at radius 2 is 1.94 bits per heavy atom. The molecule has 164 valence electrons. The minimum absolute atomic E-state index is 0.0868. The Hall–Kier alpha value is -3.00. The van der Waals surface area contributed by atoms with E-state index in [-0.39, 0.29) is 11.9 Å². The highest BCUT2D eigenvalue weighted by Crippen LogP contribution is 2.41. The van der Waals surface area contributed by atoms with Crippen LogP contribution in [0, 0.1) is 6.92 Å². The Kier molecular flexibility index (Phi) is 5.91. The lowest BCUT2D eigenvalue weighted by Gasteiger charge is -2.40. The number of carbonyl (C=O) groups excluding carboxylic acids is 2. The molecule has 4 rings (SSSR count). The number of primary amides is 1. The highest BCUT2D eigenvalue weighted by molar-refractivity contribution is 5.93. The van der Waals surface area contributed by atoms with Gasteiger partial charge >= 0.3 is 0 Å². The minimum atomic E-state index is -0.644. The van der Waals surface area contributed by atoms with Gasteiger partial charge in [-0.3, -0.25) is 9.59 Å². The van der Waals surface area contributed by atoms with Gasteiger partial charge in [0.25, 0.3) is 5.91 Å². The van der Waals surface area contributed by atoms with Gasteiger partial charge in [-0.15, -0.1) is 0 Å². The SMILES string of the molecule is COc1ccc(C2(C(=O)N3CCCC3c3ncc(C(N)=O)c(C)n3)CCOCC2)cc1. The lowest BCUT2D eigenvalue weighted by Crippen LogP contribution is -2.49. The van der Waals surface area contributed by atoms with Crippen molar-refractivity contribution in [1.29, 1.82) is 0 Å². The Morgan fingerprint density at radius 1 is 1.23 bits per heavy atom. The summed E-state index contributed by atoms with van der Waals surface area (Å²) in [6.45, 7) is 3.48. The monoisotopic (exact) mass is 424 g/mol. The predicted octanol–water partition coefficient (Wildman–Crippen LogP) is 2.30. The summed E-state index contributed by atoms with van der Waals surface area (Å²) in [5.74, 6) is 0.855. The number of methoxy groups -OCH3 is 1. The summed E-state index contributed by atoms with van der Waals surface area (Å²) in [7, 11) is 1.63. The van der Waals surface area contributed by atoms with Gasteiger partial charge in [-0.2, -0.15) is 0 Å². The molecule has 8 nitrogen and oxygen atoms in total. The van der Waals surface area contributed by atoms with Gasteiger partial charge in [0, 0.05) is 26.0 Å². The van der Waals surface area contributed by atoms with Gasteiger partial charge in [0.2, 0.25) is 5.91 Å². The predicted molar refractivity (Wildman–Crippen MR) is 114 cm³/mol.